The van der Waals surface area contributed by atoms with Crippen LogP contribution in [-0.2, 0) is 16.1 Å². The number of urea groups is 1. The van der Waals surface area contributed by atoms with E-state index in [1.807, 2.05) is 0 Å². The van der Waals surface area contributed by atoms with E-state index in [2.05, 4.69) is 25.1 Å². The minimum Gasteiger partial charge on any atom is -0.406 e. The number of aromatic nitrogens is 3. The predicted molar refractivity (Wildman–Crippen MR) is 162 cm³/mol. The van der Waals surface area contributed by atoms with Gasteiger partial charge in [-0.05, 0) is 61.0 Å². The molecule has 1 aliphatic heterocycles. The van der Waals surface area contributed by atoms with Gasteiger partial charge in [0.25, 0.3) is 6.43 Å². The number of amidine groups is 1. The molecule has 0 saturated carbocycles. The summed E-state index contributed by atoms with van der Waals surface area (Å²) in [6.45, 7) is -0.331. The first-order valence-corrected chi connectivity index (χ1v) is 14.8. The van der Waals surface area contributed by atoms with E-state index < -0.39 is 55.4 Å². The van der Waals surface area contributed by atoms with Crippen molar-refractivity contribution >= 4 is 40.2 Å². The van der Waals surface area contributed by atoms with Crippen LogP contribution in [0, 0.1) is 6.92 Å². The lowest BCUT2D eigenvalue weighted by molar-refractivity contribution is -0.274. The van der Waals surface area contributed by atoms with E-state index in [0.717, 1.165) is 34.9 Å². The monoisotopic (exact) mass is 714 g/mol. The molecular weight excluding hydrogens is 692 g/mol. The second kappa shape index (κ2) is 14.2. The molecule has 19 heteroatoms. The van der Waals surface area contributed by atoms with Crippen LogP contribution in [0.15, 0.2) is 72.0 Å². The number of hydrogen-bond acceptors (Lipinski definition) is 7. The highest BCUT2D eigenvalue weighted by Gasteiger charge is 2.33. The molecule has 1 aromatic heterocycles. The maximum Gasteiger partial charge on any atom is 0.573 e. The molecule has 5 rings (SSSR count). The van der Waals surface area contributed by atoms with Gasteiger partial charge in [0.15, 0.2) is 11.0 Å². The molecule has 0 spiro atoms. The third-order valence-electron chi connectivity index (χ3n) is 6.58. The number of carbonyl (C=O) groups is 2. The summed E-state index contributed by atoms with van der Waals surface area (Å²) in [5, 5.41) is 6.32. The number of aliphatic imine (C=N–C) groups is 1. The van der Waals surface area contributed by atoms with Crippen molar-refractivity contribution in [3.05, 3.63) is 83.7 Å². The summed E-state index contributed by atoms with van der Waals surface area (Å²) in [6, 6.07) is 11.7. The number of halogens is 8. The molecule has 1 fully saturated rings. The summed E-state index contributed by atoms with van der Waals surface area (Å²) in [7, 11) is 0. The Bertz CT molecular complexity index is 1880. The van der Waals surface area contributed by atoms with Crippen molar-refractivity contribution in [2.75, 3.05) is 22.6 Å². The molecule has 3 aromatic carbocycles. The topological polar surface area (TPSA) is 111 Å². The van der Waals surface area contributed by atoms with Crippen LogP contribution in [0.1, 0.15) is 23.1 Å². The van der Waals surface area contributed by atoms with Gasteiger partial charge in [-0.15, -0.1) is 18.3 Å². The third kappa shape index (κ3) is 9.11. The molecule has 1 N–H and O–H groups in total. The fourth-order valence-electron chi connectivity index (χ4n) is 4.51. The number of alkyl halides is 8. The van der Waals surface area contributed by atoms with Gasteiger partial charge in [-0.25, -0.2) is 23.2 Å². The molecular formula is C30H22F8N6O4S. The fraction of sp³-hybridized carbons (Fsp3) is 0.233. The lowest BCUT2D eigenvalue weighted by atomic mass is 10.1. The summed E-state index contributed by atoms with van der Waals surface area (Å²) in [5.41, 5.74) is 0.512. The quantitative estimate of drug-likeness (QED) is 0.176. The van der Waals surface area contributed by atoms with Crippen molar-refractivity contribution in [2.45, 2.75) is 32.5 Å². The molecule has 258 valence electrons. The van der Waals surface area contributed by atoms with Crippen molar-refractivity contribution in [3.63, 3.8) is 0 Å². The Kier molecular flexibility index (Phi) is 10.2. The van der Waals surface area contributed by atoms with Gasteiger partial charge < -0.3 is 14.8 Å². The van der Waals surface area contributed by atoms with E-state index >= 15 is 0 Å². The van der Waals surface area contributed by atoms with Crippen LogP contribution < -0.4 is 15.0 Å². The lowest BCUT2D eigenvalue weighted by Gasteiger charge is -2.21. The molecule has 0 radical (unpaired) electrons. The SMILES string of the molecule is Cc1ccc(COCC(F)(F)F)c(N2C(=O)CS/C2=N\C(=O)Nc2ccc(-c3ncn(-c4ccc(OC(F)(F)F)cc4)n3)cc2C(F)F)c1. The van der Waals surface area contributed by atoms with E-state index in [4.69, 9.17) is 4.74 Å². The number of benzene rings is 3. The Balaban J connectivity index is 1.34. The number of nitrogens with zero attached hydrogens (tertiary/aromatic N) is 5. The molecule has 4 aromatic rings. The zero-order chi connectivity index (χ0) is 35.5. The van der Waals surface area contributed by atoms with Crippen molar-refractivity contribution in [3.8, 4) is 22.8 Å². The van der Waals surface area contributed by atoms with Gasteiger partial charge in [0.1, 0.15) is 18.7 Å². The van der Waals surface area contributed by atoms with E-state index in [1.54, 1.807) is 13.0 Å². The highest BCUT2D eigenvalue weighted by Crippen LogP contribution is 2.34. The first kappa shape index (κ1) is 35.3. The molecule has 0 atom stereocenters. The molecule has 1 saturated heterocycles. The average Bonchev–Trinajstić information content (AvgIpc) is 3.64. The van der Waals surface area contributed by atoms with Gasteiger partial charge in [0.2, 0.25) is 5.91 Å². The normalized spacial score (nSPS) is 14.6. The number of ether oxygens (including phenoxy) is 2. The number of thioether (sulfide) groups is 1. The Hall–Kier alpha value is -5.04. The molecule has 0 bridgehead atoms. The number of rotatable bonds is 9. The van der Waals surface area contributed by atoms with Gasteiger partial charge in [0.05, 0.1) is 29.4 Å². The number of anilines is 2. The first-order valence-electron chi connectivity index (χ1n) is 13.9. The van der Waals surface area contributed by atoms with Crippen molar-refractivity contribution in [2.24, 2.45) is 4.99 Å². The van der Waals surface area contributed by atoms with E-state index in [0.29, 0.717) is 11.3 Å². The van der Waals surface area contributed by atoms with Crippen molar-refractivity contribution < 1.29 is 54.2 Å². The third-order valence-corrected chi connectivity index (χ3v) is 7.50. The average molecular weight is 715 g/mol. The zero-order valence-corrected chi connectivity index (χ0v) is 25.7. The van der Waals surface area contributed by atoms with Crippen LogP contribution in [0.2, 0.25) is 0 Å². The maximum absolute atomic E-state index is 14.1. The minimum atomic E-state index is -4.87. The first-order chi connectivity index (χ1) is 23.1. The molecule has 1 aliphatic rings. The molecule has 0 unspecified atom stereocenters. The van der Waals surface area contributed by atoms with E-state index in [-0.39, 0.29) is 39.2 Å². The zero-order valence-electron chi connectivity index (χ0n) is 24.9. The predicted octanol–water partition coefficient (Wildman–Crippen LogP) is 7.83. The van der Waals surface area contributed by atoms with Crippen LogP contribution in [0.5, 0.6) is 5.75 Å². The molecule has 2 heterocycles. The lowest BCUT2D eigenvalue weighted by Crippen LogP contribution is -2.31. The Morgan fingerprint density at radius 3 is 2.45 bits per heavy atom. The van der Waals surface area contributed by atoms with E-state index in [1.165, 1.54) is 47.4 Å². The van der Waals surface area contributed by atoms with E-state index in [9.17, 15) is 44.7 Å². The largest absolute Gasteiger partial charge is 0.573 e. The standard InChI is InChI=1S/C30H22F8N6O4S/c1-16-2-3-18(12-47-14-29(33,34)35)23(10-16)44-24(45)13-49-28(44)41-27(46)40-22-9-4-17(11-21(22)25(31)32)26-39-15-43(42-26)19-5-7-20(8-6-19)48-30(36,37)38/h2-11,15,25H,12-14H2,1H3,(H,40,46)/b41-28-. The molecule has 3 amide bonds. The second-order valence-corrected chi connectivity index (χ2v) is 11.2. The minimum absolute atomic E-state index is 0.0136. The fourth-order valence-corrected chi connectivity index (χ4v) is 5.37. The van der Waals surface area contributed by atoms with Crippen LogP contribution >= 0.6 is 11.8 Å². The van der Waals surface area contributed by atoms with Crippen LogP contribution in [0.25, 0.3) is 17.1 Å². The second-order valence-electron chi connectivity index (χ2n) is 10.2. The van der Waals surface area contributed by atoms with Gasteiger partial charge in [0, 0.05) is 16.7 Å². The van der Waals surface area contributed by atoms with Gasteiger partial charge in [-0.3, -0.25) is 9.69 Å². The number of nitrogens with one attached hydrogen (secondary N) is 1. The van der Waals surface area contributed by atoms with Crippen molar-refractivity contribution in [1.29, 1.82) is 0 Å². The maximum atomic E-state index is 14.1. The van der Waals surface area contributed by atoms with Crippen LogP contribution in [0.4, 0.5) is 51.3 Å². The highest BCUT2D eigenvalue weighted by atomic mass is 32.2. The number of carbonyl (C=O) groups excluding carboxylic acids is 2. The van der Waals surface area contributed by atoms with Gasteiger partial charge in [-0.1, -0.05) is 23.9 Å². The van der Waals surface area contributed by atoms with Gasteiger partial charge in [-0.2, -0.15) is 18.2 Å². The molecule has 10 nitrogen and oxygen atoms in total. The summed E-state index contributed by atoms with van der Waals surface area (Å²) in [6.07, 6.45) is -11.3. The Morgan fingerprint density at radius 1 is 1.04 bits per heavy atom. The summed E-state index contributed by atoms with van der Waals surface area (Å²) >= 11 is 0.869. The number of hydrogen-bond donors (Lipinski definition) is 1. The Morgan fingerprint density at radius 2 is 1.78 bits per heavy atom. The molecule has 49 heavy (non-hydrogen) atoms. The summed E-state index contributed by atoms with van der Waals surface area (Å²) in [4.78, 5) is 34.8. The van der Waals surface area contributed by atoms with Gasteiger partial charge >= 0.3 is 18.6 Å². The highest BCUT2D eigenvalue weighted by molar-refractivity contribution is 8.15. The molecule has 0 aliphatic carbocycles. The van der Waals surface area contributed by atoms with Crippen LogP contribution in [0.3, 0.4) is 0 Å². The van der Waals surface area contributed by atoms with Crippen molar-refractivity contribution in [1.82, 2.24) is 14.8 Å². The Labute approximate surface area is 275 Å². The van der Waals surface area contributed by atoms with Crippen LogP contribution in [-0.4, -0.2) is 56.8 Å². The summed E-state index contributed by atoms with van der Waals surface area (Å²) < 4.78 is 113. The smallest absolute Gasteiger partial charge is 0.406 e. The number of amides is 3. The summed E-state index contributed by atoms with van der Waals surface area (Å²) in [5.74, 6) is -1.14. The number of aryl methyl sites for hydroxylation is 1.